The van der Waals surface area contributed by atoms with Gasteiger partial charge in [0.25, 0.3) is 5.91 Å². The zero-order valence-corrected chi connectivity index (χ0v) is 10.1. The van der Waals surface area contributed by atoms with Gasteiger partial charge in [-0.05, 0) is 26.8 Å². The molecule has 0 radical (unpaired) electrons. The number of carbonyl (C=O) groups is 2. The number of nitrogens with one attached hydrogen (secondary N) is 1. The normalized spacial score (nSPS) is 9.82. The molecule has 0 saturated heterocycles. The van der Waals surface area contributed by atoms with E-state index >= 15 is 0 Å². The molecule has 0 atom stereocenters. The van der Waals surface area contributed by atoms with Gasteiger partial charge in [-0.1, -0.05) is 0 Å². The summed E-state index contributed by atoms with van der Waals surface area (Å²) >= 11 is 0. The van der Waals surface area contributed by atoms with Crippen LogP contribution in [-0.4, -0.2) is 35.2 Å². The SMILES string of the molecule is CCOC(=O)CNC(=O)c1cc(C)nnc1C. The van der Waals surface area contributed by atoms with Crippen molar-refractivity contribution in [3.63, 3.8) is 0 Å². The molecule has 1 N–H and O–H groups in total. The molecule has 1 rings (SSSR count). The van der Waals surface area contributed by atoms with Crippen LogP contribution in [0.4, 0.5) is 0 Å². The minimum absolute atomic E-state index is 0.145. The van der Waals surface area contributed by atoms with E-state index in [1.807, 2.05) is 0 Å². The molecule has 0 saturated carbocycles. The summed E-state index contributed by atoms with van der Waals surface area (Å²) in [6, 6.07) is 1.63. The molecular weight excluding hydrogens is 222 g/mol. The Morgan fingerprint density at radius 3 is 2.71 bits per heavy atom. The smallest absolute Gasteiger partial charge is 0.325 e. The lowest BCUT2D eigenvalue weighted by atomic mass is 10.2. The number of esters is 1. The molecule has 92 valence electrons. The summed E-state index contributed by atoms with van der Waals surface area (Å²) in [5.74, 6) is -0.814. The van der Waals surface area contributed by atoms with Crippen LogP contribution < -0.4 is 5.32 Å². The molecule has 0 aliphatic carbocycles. The number of carbonyl (C=O) groups excluding carboxylic acids is 2. The Balaban J connectivity index is 2.64. The standard InChI is InChI=1S/C11H15N3O3/c1-4-17-10(15)6-12-11(16)9-5-7(2)13-14-8(9)3/h5H,4,6H2,1-3H3,(H,12,16). The predicted molar refractivity (Wildman–Crippen MR) is 60.5 cm³/mol. The van der Waals surface area contributed by atoms with Gasteiger partial charge >= 0.3 is 5.97 Å². The lowest BCUT2D eigenvalue weighted by molar-refractivity contribution is -0.141. The molecule has 0 aliphatic rings. The van der Waals surface area contributed by atoms with Crippen LogP contribution >= 0.6 is 0 Å². The first-order valence-electron chi connectivity index (χ1n) is 5.29. The Morgan fingerprint density at radius 1 is 1.35 bits per heavy atom. The van der Waals surface area contributed by atoms with E-state index in [9.17, 15) is 9.59 Å². The van der Waals surface area contributed by atoms with E-state index < -0.39 is 5.97 Å². The van der Waals surface area contributed by atoms with E-state index in [4.69, 9.17) is 4.74 Å². The fourth-order valence-electron chi connectivity index (χ4n) is 1.24. The van der Waals surface area contributed by atoms with E-state index in [2.05, 4.69) is 15.5 Å². The molecule has 0 bridgehead atoms. The average molecular weight is 237 g/mol. The number of ether oxygens (including phenoxy) is 1. The molecule has 6 heteroatoms. The zero-order chi connectivity index (χ0) is 12.8. The summed E-state index contributed by atoms with van der Waals surface area (Å²) in [4.78, 5) is 22.8. The highest BCUT2D eigenvalue weighted by Crippen LogP contribution is 2.04. The minimum Gasteiger partial charge on any atom is -0.465 e. The maximum absolute atomic E-state index is 11.7. The van der Waals surface area contributed by atoms with E-state index in [1.165, 1.54) is 0 Å². The van der Waals surface area contributed by atoms with Gasteiger partial charge in [0.05, 0.1) is 23.6 Å². The quantitative estimate of drug-likeness (QED) is 0.766. The van der Waals surface area contributed by atoms with E-state index in [-0.39, 0.29) is 12.5 Å². The van der Waals surface area contributed by atoms with Crippen LogP contribution in [0.1, 0.15) is 28.7 Å². The van der Waals surface area contributed by atoms with E-state index in [1.54, 1.807) is 26.8 Å². The first-order valence-corrected chi connectivity index (χ1v) is 5.29. The lowest BCUT2D eigenvalue weighted by Crippen LogP contribution is -2.31. The molecule has 0 spiro atoms. The summed E-state index contributed by atoms with van der Waals surface area (Å²) in [5.41, 5.74) is 1.59. The van der Waals surface area contributed by atoms with Gasteiger partial charge in [-0.3, -0.25) is 9.59 Å². The summed E-state index contributed by atoms with van der Waals surface area (Å²) in [7, 11) is 0. The first kappa shape index (κ1) is 13.1. The maximum Gasteiger partial charge on any atom is 0.325 e. The van der Waals surface area contributed by atoms with Crippen molar-refractivity contribution in [2.45, 2.75) is 20.8 Å². The van der Waals surface area contributed by atoms with Gasteiger partial charge in [0.2, 0.25) is 0 Å². The van der Waals surface area contributed by atoms with Crippen LogP contribution in [0.25, 0.3) is 0 Å². The fraction of sp³-hybridized carbons (Fsp3) is 0.455. The third-order valence-electron chi connectivity index (χ3n) is 2.04. The largest absolute Gasteiger partial charge is 0.465 e. The molecule has 1 aromatic heterocycles. The van der Waals surface area contributed by atoms with E-state index in [0.717, 1.165) is 0 Å². The monoisotopic (exact) mass is 237 g/mol. The molecule has 17 heavy (non-hydrogen) atoms. The number of hydrogen-bond acceptors (Lipinski definition) is 5. The Hall–Kier alpha value is -1.98. The van der Waals surface area contributed by atoms with Crippen LogP contribution in [-0.2, 0) is 9.53 Å². The van der Waals surface area contributed by atoms with Crippen LogP contribution in [0.15, 0.2) is 6.07 Å². The number of aromatic nitrogens is 2. The third-order valence-corrected chi connectivity index (χ3v) is 2.04. The zero-order valence-electron chi connectivity index (χ0n) is 10.1. The van der Waals surface area contributed by atoms with Crippen molar-refractivity contribution in [2.24, 2.45) is 0 Å². The maximum atomic E-state index is 11.7. The second-order valence-electron chi connectivity index (χ2n) is 3.47. The highest BCUT2D eigenvalue weighted by atomic mass is 16.5. The average Bonchev–Trinajstić information content (AvgIpc) is 2.29. The predicted octanol–water partition coefficient (Wildman–Crippen LogP) is 0.386. The van der Waals surface area contributed by atoms with Gasteiger partial charge in [-0.2, -0.15) is 10.2 Å². The molecule has 0 fully saturated rings. The van der Waals surface area contributed by atoms with Crippen LogP contribution in [0.3, 0.4) is 0 Å². The summed E-state index contributed by atoms with van der Waals surface area (Å²) < 4.78 is 4.70. The topological polar surface area (TPSA) is 81.2 Å². The number of aryl methyl sites for hydroxylation is 2. The van der Waals surface area contributed by atoms with Gasteiger partial charge in [0.15, 0.2) is 0 Å². The molecule has 0 unspecified atom stereocenters. The van der Waals surface area contributed by atoms with Crippen molar-refractivity contribution in [3.05, 3.63) is 23.0 Å². The lowest BCUT2D eigenvalue weighted by Gasteiger charge is -2.06. The molecule has 0 aliphatic heterocycles. The van der Waals surface area contributed by atoms with Crippen LogP contribution in [0.5, 0.6) is 0 Å². The van der Waals surface area contributed by atoms with Crippen LogP contribution in [0.2, 0.25) is 0 Å². The van der Waals surface area contributed by atoms with Crippen molar-refractivity contribution in [1.82, 2.24) is 15.5 Å². The minimum atomic E-state index is -0.461. The highest BCUT2D eigenvalue weighted by molar-refractivity contribution is 5.96. The molecule has 1 heterocycles. The Kier molecular flexibility index (Phi) is 4.56. The van der Waals surface area contributed by atoms with Gasteiger partial charge in [0.1, 0.15) is 6.54 Å². The number of nitrogens with zero attached hydrogens (tertiary/aromatic N) is 2. The Bertz CT molecular complexity index is 432. The van der Waals surface area contributed by atoms with Crippen molar-refractivity contribution >= 4 is 11.9 Å². The molecule has 6 nitrogen and oxygen atoms in total. The van der Waals surface area contributed by atoms with E-state index in [0.29, 0.717) is 23.6 Å². The highest BCUT2D eigenvalue weighted by Gasteiger charge is 2.12. The van der Waals surface area contributed by atoms with Gasteiger partial charge in [-0.15, -0.1) is 0 Å². The van der Waals surface area contributed by atoms with Crippen LogP contribution in [0, 0.1) is 13.8 Å². The van der Waals surface area contributed by atoms with Crippen molar-refractivity contribution in [3.8, 4) is 0 Å². The third kappa shape index (κ3) is 3.82. The van der Waals surface area contributed by atoms with Gasteiger partial charge in [0, 0.05) is 0 Å². The van der Waals surface area contributed by atoms with Gasteiger partial charge in [-0.25, -0.2) is 0 Å². The molecule has 1 amide bonds. The van der Waals surface area contributed by atoms with Crippen molar-refractivity contribution < 1.29 is 14.3 Å². The molecule has 1 aromatic rings. The second-order valence-corrected chi connectivity index (χ2v) is 3.47. The molecule has 0 aromatic carbocycles. The van der Waals surface area contributed by atoms with Crippen molar-refractivity contribution in [1.29, 1.82) is 0 Å². The van der Waals surface area contributed by atoms with Gasteiger partial charge < -0.3 is 10.1 Å². The Labute approximate surface area is 99.4 Å². The number of amides is 1. The summed E-state index contributed by atoms with van der Waals surface area (Å²) in [6.45, 7) is 5.29. The first-order chi connectivity index (χ1) is 8.04. The summed E-state index contributed by atoms with van der Waals surface area (Å²) in [6.07, 6.45) is 0. The summed E-state index contributed by atoms with van der Waals surface area (Å²) in [5, 5.41) is 10.1. The second kappa shape index (κ2) is 5.93. The Morgan fingerprint density at radius 2 is 2.06 bits per heavy atom. The number of rotatable bonds is 4. The fourth-order valence-corrected chi connectivity index (χ4v) is 1.24. The number of hydrogen-bond donors (Lipinski definition) is 1. The molecular formula is C11H15N3O3. The van der Waals surface area contributed by atoms with Crippen molar-refractivity contribution in [2.75, 3.05) is 13.2 Å².